The van der Waals surface area contributed by atoms with Crippen LogP contribution < -0.4 is 14.7 Å². The van der Waals surface area contributed by atoms with Gasteiger partial charge in [0.2, 0.25) is 0 Å². The molecule has 0 aromatic heterocycles. The highest BCUT2D eigenvalue weighted by molar-refractivity contribution is 7.98. The van der Waals surface area contributed by atoms with Crippen LogP contribution in [0.1, 0.15) is 0 Å². The Morgan fingerprint density at radius 1 is 1.25 bits per heavy atom. The molecule has 0 radical (unpaired) electrons. The average Bonchev–Trinajstić information content (AvgIpc) is 2.26. The molecule has 0 saturated carbocycles. The van der Waals surface area contributed by atoms with Crippen LogP contribution in [0.5, 0.6) is 11.5 Å². The zero-order valence-electron chi connectivity index (χ0n) is 10.2. The van der Waals surface area contributed by atoms with Gasteiger partial charge in [0.15, 0.2) is 0 Å². The molecule has 1 aromatic rings. The molecule has 0 aliphatic heterocycles. The van der Waals surface area contributed by atoms with Gasteiger partial charge >= 0.3 is 10.4 Å². The number of hydrogen-bond donors (Lipinski definition) is 1. The van der Waals surface area contributed by atoms with E-state index < -0.39 is 26.3 Å². The third-order valence-corrected chi connectivity index (χ3v) is 4.30. The van der Waals surface area contributed by atoms with Crippen molar-refractivity contribution in [1.29, 1.82) is 0 Å². The summed E-state index contributed by atoms with van der Waals surface area (Å²) in [6.07, 6.45) is -0.0176. The van der Waals surface area contributed by atoms with E-state index in [1.807, 2.05) is 0 Å². The number of carbonyl (C=O) groups is 1. The fourth-order valence-corrected chi connectivity index (χ4v) is 2.99. The van der Waals surface area contributed by atoms with E-state index in [9.17, 15) is 21.6 Å². The Labute approximate surface area is 115 Å². The topological polar surface area (TPSA) is 139 Å². The lowest BCUT2D eigenvalue weighted by Crippen LogP contribution is -2.21. The van der Waals surface area contributed by atoms with Crippen LogP contribution in [-0.4, -0.2) is 36.0 Å². The highest BCUT2D eigenvalue weighted by Crippen LogP contribution is 2.27. The molecule has 0 amide bonds. The van der Waals surface area contributed by atoms with Gasteiger partial charge in [-0.3, -0.25) is 0 Å². The van der Waals surface area contributed by atoms with Crippen molar-refractivity contribution < 1.29 is 34.2 Å². The fraction of sp³-hybridized carbons (Fsp3) is 0.222. The van der Waals surface area contributed by atoms with E-state index in [-0.39, 0.29) is 23.5 Å². The van der Waals surface area contributed by atoms with Gasteiger partial charge in [0.25, 0.3) is 10.1 Å². The standard InChI is InChI=1S/C9H11NO8S2/c1-16-9-3-2-7(6-8(9)10)17-20(14,15)18-19(12,13)5-4-11/h2-4,6H,5,10H2,1H3. The van der Waals surface area contributed by atoms with Crippen molar-refractivity contribution in [2.75, 3.05) is 18.6 Å². The van der Waals surface area contributed by atoms with Crippen LogP contribution in [-0.2, 0) is 28.9 Å². The first-order chi connectivity index (χ1) is 9.19. The first-order valence-electron chi connectivity index (χ1n) is 4.94. The maximum atomic E-state index is 11.3. The van der Waals surface area contributed by atoms with E-state index in [1.54, 1.807) is 0 Å². The van der Waals surface area contributed by atoms with Crippen LogP contribution in [0, 0.1) is 0 Å². The third kappa shape index (κ3) is 4.68. The van der Waals surface area contributed by atoms with Crippen LogP contribution in [0.4, 0.5) is 5.69 Å². The molecule has 2 N–H and O–H groups in total. The van der Waals surface area contributed by atoms with Gasteiger partial charge in [-0.15, -0.1) is 3.63 Å². The number of methoxy groups -OCH3 is 1. The monoisotopic (exact) mass is 325 g/mol. The van der Waals surface area contributed by atoms with Crippen LogP contribution in [0.2, 0.25) is 0 Å². The summed E-state index contributed by atoms with van der Waals surface area (Å²) in [5.74, 6) is -1.10. The molecule has 11 heteroatoms. The maximum Gasteiger partial charge on any atom is 0.464 e. The quantitative estimate of drug-likeness (QED) is 0.516. The fourth-order valence-electron chi connectivity index (χ4n) is 1.13. The highest BCUT2D eigenvalue weighted by atomic mass is 32.3. The second-order valence-electron chi connectivity index (χ2n) is 3.35. The number of rotatable bonds is 7. The molecule has 20 heavy (non-hydrogen) atoms. The smallest absolute Gasteiger partial charge is 0.464 e. The molecular weight excluding hydrogens is 314 g/mol. The molecule has 0 heterocycles. The van der Waals surface area contributed by atoms with Crippen molar-refractivity contribution in [1.82, 2.24) is 0 Å². The summed E-state index contributed by atoms with van der Waals surface area (Å²) in [5, 5.41) is 0. The summed E-state index contributed by atoms with van der Waals surface area (Å²) < 4.78 is 57.8. The number of anilines is 1. The van der Waals surface area contributed by atoms with E-state index in [2.05, 4.69) is 7.81 Å². The summed E-state index contributed by atoms with van der Waals surface area (Å²) in [4.78, 5) is 10.1. The molecule has 1 rings (SSSR count). The summed E-state index contributed by atoms with van der Waals surface area (Å²) >= 11 is 0. The van der Waals surface area contributed by atoms with Crippen molar-refractivity contribution in [3.8, 4) is 11.5 Å². The van der Waals surface area contributed by atoms with Crippen LogP contribution in [0.15, 0.2) is 18.2 Å². The molecule has 0 aliphatic rings. The van der Waals surface area contributed by atoms with Gasteiger partial charge in [-0.2, -0.15) is 16.8 Å². The second kappa shape index (κ2) is 6.07. The van der Waals surface area contributed by atoms with Crippen molar-refractivity contribution in [3.05, 3.63) is 18.2 Å². The SMILES string of the molecule is COc1ccc(OS(=O)(=O)OS(=O)(=O)CC=O)cc1N. The van der Waals surface area contributed by atoms with Crippen LogP contribution in [0.25, 0.3) is 0 Å². The molecular formula is C9H11NO8S2. The maximum absolute atomic E-state index is 11.3. The van der Waals surface area contributed by atoms with Gasteiger partial charge < -0.3 is 19.4 Å². The number of nitrogens with two attached hydrogens (primary N) is 1. The van der Waals surface area contributed by atoms with E-state index in [0.29, 0.717) is 0 Å². The molecule has 112 valence electrons. The third-order valence-electron chi connectivity index (χ3n) is 1.86. The molecule has 9 nitrogen and oxygen atoms in total. The van der Waals surface area contributed by atoms with Gasteiger partial charge in [-0.1, -0.05) is 0 Å². The first kappa shape index (κ1) is 16.2. The van der Waals surface area contributed by atoms with Crippen molar-refractivity contribution in [2.45, 2.75) is 0 Å². The average molecular weight is 325 g/mol. The second-order valence-corrected chi connectivity index (χ2v) is 6.33. The minimum atomic E-state index is -4.89. The molecule has 0 saturated heterocycles. The van der Waals surface area contributed by atoms with E-state index in [4.69, 9.17) is 10.5 Å². The Hall–Kier alpha value is -1.85. The highest BCUT2D eigenvalue weighted by Gasteiger charge is 2.25. The molecule has 0 bridgehead atoms. The van der Waals surface area contributed by atoms with Crippen molar-refractivity contribution in [3.63, 3.8) is 0 Å². The first-order valence-corrected chi connectivity index (χ1v) is 7.85. The molecule has 0 fully saturated rings. The Kier molecular flexibility index (Phi) is 4.92. The Morgan fingerprint density at radius 3 is 2.40 bits per heavy atom. The number of hydrogen-bond acceptors (Lipinski definition) is 9. The van der Waals surface area contributed by atoms with Gasteiger partial charge in [0.05, 0.1) is 12.8 Å². The molecule has 0 aliphatic carbocycles. The molecule has 0 spiro atoms. The van der Waals surface area contributed by atoms with Crippen molar-refractivity contribution in [2.24, 2.45) is 0 Å². The normalized spacial score (nSPS) is 11.8. The Balaban J connectivity index is 2.92. The van der Waals surface area contributed by atoms with Gasteiger partial charge in [-0.05, 0) is 12.1 Å². The predicted octanol–water partition coefficient (Wildman–Crippen LogP) is -0.554. The van der Waals surface area contributed by atoms with Gasteiger partial charge in [0, 0.05) is 6.07 Å². The predicted molar refractivity (Wildman–Crippen MR) is 67.9 cm³/mol. The number of aldehydes is 1. The number of carbonyl (C=O) groups excluding carboxylic acids is 1. The van der Waals surface area contributed by atoms with E-state index >= 15 is 0 Å². The van der Waals surface area contributed by atoms with Crippen LogP contribution >= 0.6 is 0 Å². The van der Waals surface area contributed by atoms with E-state index in [0.717, 1.165) is 6.07 Å². The van der Waals surface area contributed by atoms with Gasteiger partial charge in [0.1, 0.15) is 23.5 Å². The number of ether oxygens (including phenoxy) is 1. The Bertz CT molecular complexity index is 695. The lowest BCUT2D eigenvalue weighted by Gasteiger charge is -2.08. The minimum Gasteiger partial charge on any atom is -0.495 e. The largest absolute Gasteiger partial charge is 0.495 e. The molecule has 0 unspecified atom stereocenters. The van der Waals surface area contributed by atoms with Gasteiger partial charge in [-0.25, -0.2) is 0 Å². The van der Waals surface area contributed by atoms with Crippen LogP contribution in [0.3, 0.4) is 0 Å². The summed E-state index contributed by atoms with van der Waals surface area (Å²) in [7, 11) is -8.10. The minimum absolute atomic E-state index is 0.0176. The molecule has 1 aromatic carbocycles. The zero-order chi connectivity index (χ0) is 15.4. The van der Waals surface area contributed by atoms with E-state index in [1.165, 1.54) is 19.2 Å². The summed E-state index contributed by atoms with van der Waals surface area (Å²) in [5.41, 5.74) is 5.60. The zero-order valence-corrected chi connectivity index (χ0v) is 11.8. The Morgan fingerprint density at radius 2 is 1.90 bits per heavy atom. The lowest BCUT2D eigenvalue weighted by molar-refractivity contribution is -0.105. The summed E-state index contributed by atoms with van der Waals surface area (Å²) in [6.45, 7) is 0. The number of benzene rings is 1. The van der Waals surface area contributed by atoms with Crippen molar-refractivity contribution >= 4 is 32.5 Å². The lowest BCUT2D eigenvalue weighted by atomic mass is 10.3. The number of nitrogen functional groups attached to an aromatic ring is 1. The molecule has 0 atom stereocenters. The summed E-state index contributed by atoms with van der Waals surface area (Å²) in [6, 6.07) is 3.61.